The van der Waals surface area contributed by atoms with Gasteiger partial charge in [-0.05, 0) is 24.0 Å². The minimum absolute atomic E-state index is 0.122. The molecule has 0 aromatic carbocycles. The van der Waals surface area contributed by atoms with Gasteiger partial charge in [0.2, 0.25) is 10.0 Å². The quantitative estimate of drug-likeness (QED) is 0.833. The number of aliphatic hydroxyl groups is 1. The van der Waals surface area contributed by atoms with Crippen molar-refractivity contribution in [3.05, 3.63) is 17.0 Å². The molecule has 0 saturated heterocycles. The summed E-state index contributed by atoms with van der Waals surface area (Å²) in [5.41, 5.74) is 0. The van der Waals surface area contributed by atoms with Crippen LogP contribution in [0.2, 0.25) is 0 Å². The molecule has 1 aromatic heterocycles. The van der Waals surface area contributed by atoms with E-state index in [1.165, 1.54) is 6.07 Å². The van der Waals surface area contributed by atoms with E-state index < -0.39 is 10.0 Å². The standard InChI is InChI=1S/C11H19NO3S2/c1-8(2)9(3)6-12-17(14,15)11-5-4-10(7-13)16-11/h4-5,8-9,12-13H,6-7H2,1-3H3. The highest BCUT2D eigenvalue weighted by Gasteiger charge is 2.18. The number of hydrogen-bond donors (Lipinski definition) is 2. The molecule has 0 aliphatic carbocycles. The third-order valence-corrected chi connectivity index (χ3v) is 5.78. The number of thiophene rings is 1. The van der Waals surface area contributed by atoms with Crippen molar-refractivity contribution in [1.82, 2.24) is 4.72 Å². The molecule has 4 nitrogen and oxygen atoms in total. The first-order valence-electron chi connectivity index (χ1n) is 5.56. The van der Waals surface area contributed by atoms with Crippen molar-refractivity contribution >= 4 is 21.4 Å². The summed E-state index contributed by atoms with van der Waals surface area (Å²) >= 11 is 1.10. The van der Waals surface area contributed by atoms with E-state index in [2.05, 4.69) is 18.6 Å². The van der Waals surface area contributed by atoms with Crippen LogP contribution in [0.25, 0.3) is 0 Å². The van der Waals surface area contributed by atoms with Crippen molar-refractivity contribution in [2.75, 3.05) is 6.54 Å². The van der Waals surface area contributed by atoms with E-state index in [0.29, 0.717) is 23.3 Å². The first kappa shape index (κ1) is 14.6. The first-order chi connectivity index (χ1) is 7.86. The van der Waals surface area contributed by atoms with E-state index in [9.17, 15) is 8.42 Å². The highest BCUT2D eigenvalue weighted by molar-refractivity contribution is 7.91. The second-order valence-corrected chi connectivity index (χ2v) is 7.61. The predicted octanol–water partition coefficient (Wildman–Crippen LogP) is 1.81. The molecule has 6 heteroatoms. The maximum atomic E-state index is 11.9. The lowest BCUT2D eigenvalue weighted by Gasteiger charge is -2.15. The van der Waals surface area contributed by atoms with Gasteiger partial charge in [0.05, 0.1) is 6.61 Å². The van der Waals surface area contributed by atoms with E-state index in [4.69, 9.17) is 5.11 Å². The maximum absolute atomic E-state index is 11.9. The lowest BCUT2D eigenvalue weighted by atomic mass is 9.99. The van der Waals surface area contributed by atoms with Crippen LogP contribution in [-0.2, 0) is 16.6 Å². The highest BCUT2D eigenvalue weighted by Crippen LogP contribution is 2.21. The molecule has 1 aromatic rings. The van der Waals surface area contributed by atoms with Gasteiger partial charge in [-0.15, -0.1) is 11.3 Å². The molecule has 0 aliphatic rings. The summed E-state index contributed by atoms with van der Waals surface area (Å²) in [4.78, 5) is 0.655. The molecule has 0 radical (unpaired) electrons. The Bertz CT molecular complexity index is 451. The SMILES string of the molecule is CC(C)C(C)CNS(=O)(=O)c1ccc(CO)s1. The van der Waals surface area contributed by atoms with Crippen LogP contribution in [0.1, 0.15) is 25.6 Å². The second kappa shape index (κ2) is 5.95. The van der Waals surface area contributed by atoms with E-state index in [1.54, 1.807) is 6.07 Å². The van der Waals surface area contributed by atoms with Gasteiger partial charge < -0.3 is 5.11 Å². The average Bonchev–Trinajstić information content (AvgIpc) is 2.75. The molecule has 0 amide bonds. The van der Waals surface area contributed by atoms with Crippen LogP contribution in [0, 0.1) is 11.8 Å². The number of sulfonamides is 1. The summed E-state index contributed by atoms with van der Waals surface area (Å²) in [6.45, 7) is 6.46. The summed E-state index contributed by atoms with van der Waals surface area (Å²) in [5.74, 6) is 0.732. The van der Waals surface area contributed by atoms with Crippen LogP contribution in [0.5, 0.6) is 0 Å². The fourth-order valence-electron chi connectivity index (χ4n) is 1.14. The Kier molecular flexibility index (Phi) is 5.12. The molecule has 0 aliphatic heterocycles. The van der Waals surface area contributed by atoms with E-state index >= 15 is 0 Å². The fraction of sp³-hybridized carbons (Fsp3) is 0.636. The Morgan fingerprint density at radius 2 is 2.00 bits per heavy atom. The van der Waals surface area contributed by atoms with E-state index in [-0.39, 0.29) is 10.8 Å². The lowest BCUT2D eigenvalue weighted by molar-refractivity contribution is 0.285. The molecule has 17 heavy (non-hydrogen) atoms. The van der Waals surface area contributed by atoms with Crippen molar-refractivity contribution in [2.45, 2.75) is 31.6 Å². The minimum Gasteiger partial charge on any atom is -0.391 e. The fourth-order valence-corrected chi connectivity index (χ4v) is 3.54. The molecule has 0 saturated carbocycles. The van der Waals surface area contributed by atoms with Gasteiger partial charge in [0.1, 0.15) is 4.21 Å². The molecule has 1 unspecified atom stereocenters. The summed E-state index contributed by atoms with van der Waals surface area (Å²) in [7, 11) is -3.42. The highest BCUT2D eigenvalue weighted by atomic mass is 32.2. The van der Waals surface area contributed by atoms with Gasteiger partial charge in [-0.2, -0.15) is 0 Å². The van der Waals surface area contributed by atoms with Crippen LogP contribution < -0.4 is 4.72 Å². The number of aliphatic hydroxyl groups excluding tert-OH is 1. The molecule has 0 bridgehead atoms. The van der Waals surface area contributed by atoms with Gasteiger partial charge in [-0.1, -0.05) is 20.8 Å². The summed E-state index contributed by atoms with van der Waals surface area (Å²) in [6.07, 6.45) is 0. The van der Waals surface area contributed by atoms with Gasteiger partial charge in [0, 0.05) is 11.4 Å². The topological polar surface area (TPSA) is 66.4 Å². The molecular weight excluding hydrogens is 258 g/mol. The van der Waals surface area contributed by atoms with Crippen molar-refractivity contribution in [2.24, 2.45) is 11.8 Å². The van der Waals surface area contributed by atoms with Crippen LogP contribution in [0.3, 0.4) is 0 Å². The monoisotopic (exact) mass is 277 g/mol. The van der Waals surface area contributed by atoms with Gasteiger partial charge >= 0.3 is 0 Å². The van der Waals surface area contributed by atoms with Crippen LogP contribution in [0.4, 0.5) is 0 Å². The normalized spacial score (nSPS) is 14.2. The van der Waals surface area contributed by atoms with Crippen molar-refractivity contribution in [1.29, 1.82) is 0 Å². The van der Waals surface area contributed by atoms with Crippen molar-refractivity contribution in [3.8, 4) is 0 Å². The van der Waals surface area contributed by atoms with Crippen molar-refractivity contribution in [3.63, 3.8) is 0 Å². The lowest BCUT2D eigenvalue weighted by Crippen LogP contribution is -2.29. The molecule has 1 heterocycles. The first-order valence-corrected chi connectivity index (χ1v) is 7.86. The molecule has 1 rings (SSSR count). The molecule has 0 fully saturated rings. The summed E-state index contributed by atoms with van der Waals surface area (Å²) in [5, 5.41) is 8.90. The van der Waals surface area contributed by atoms with Crippen LogP contribution in [0.15, 0.2) is 16.3 Å². The minimum atomic E-state index is -3.42. The van der Waals surface area contributed by atoms with E-state index in [0.717, 1.165) is 11.3 Å². The van der Waals surface area contributed by atoms with Gasteiger partial charge in [0.15, 0.2) is 0 Å². The molecular formula is C11H19NO3S2. The smallest absolute Gasteiger partial charge is 0.250 e. The largest absolute Gasteiger partial charge is 0.391 e. The van der Waals surface area contributed by atoms with Crippen LogP contribution >= 0.6 is 11.3 Å². The van der Waals surface area contributed by atoms with Gasteiger partial charge in [0.25, 0.3) is 0 Å². The average molecular weight is 277 g/mol. The summed E-state index contributed by atoms with van der Waals surface area (Å²) in [6, 6.07) is 3.16. The van der Waals surface area contributed by atoms with Gasteiger partial charge in [-0.3, -0.25) is 0 Å². The van der Waals surface area contributed by atoms with Crippen molar-refractivity contribution < 1.29 is 13.5 Å². The summed E-state index contributed by atoms with van der Waals surface area (Å²) < 4.78 is 26.7. The third kappa shape index (κ3) is 4.06. The molecule has 98 valence electrons. The zero-order valence-electron chi connectivity index (χ0n) is 10.3. The maximum Gasteiger partial charge on any atom is 0.250 e. The Hall–Kier alpha value is -0.430. The number of nitrogens with one attached hydrogen (secondary N) is 1. The Morgan fingerprint density at radius 1 is 1.35 bits per heavy atom. The second-order valence-electron chi connectivity index (χ2n) is 4.45. The number of rotatable bonds is 6. The molecule has 1 atom stereocenters. The number of hydrogen-bond acceptors (Lipinski definition) is 4. The Balaban J connectivity index is 2.69. The van der Waals surface area contributed by atoms with Crippen LogP contribution in [-0.4, -0.2) is 20.1 Å². The zero-order valence-corrected chi connectivity index (χ0v) is 11.9. The zero-order chi connectivity index (χ0) is 13.1. The predicted molar refractivity (Wildman–Crippen MR) is 69.4 cm³/mol. The molecule has 2 N–H and O–H groups in total. The van der Waals surface area contributed by atoms with E-state index in [1.807, 2.05) is 6.92 Å². The van der Waals surface area contributed by atoms with Gasteiger partial charge in [-0.25, -0.2) is 13.1 Å². The molecule has 0 spiro atoms. The third-order valence-electron chi connectivity index (χ3n) is 2.79. The Morgan fingerprint density at radius 3 is 2.47 bits per heavy atom. The Labute approximate surface area is 107 Å².